The van der Waals surface area contributed by atoms with Crippen molar-refractivity contribution in [3.63, 3.8) is 0 Å². The van der Waals surface area contributed by atoms with Crippen LogP contribution in [0.15, 0.2) is 0 Å². The highest BCUT2D eigenvalue weighted by Gasteiger charge is 2.65. The highest BCUT2D eigenvalue weighted by Crippen LogP contribution is 2.65. The molecule has 3 N–H and O–H groups in total. The summed E-state index contributed by atoms with van der Waals surface area (Å²) in [5, 5.41) is 11.3. The lowest BCUT2D eigenvalue weighted by Gasteiger charge is -2.08. The molecule has 3 aliphatic carbocycles. The first-order valence-corrected chi connectivity index (χ1v) is 6.95. The Morgan fingerprint density at radius 2 is 2.00 bits per heavy atom. The number of hydrogen-bond donors (Lipinski definition) is 2. The van der Waals surface area contributed by atoms with Crippen LogP contribution in [0.4, 0.5) is 5.13 Å². The predicted octanol–water partition coefficient (Wildman–Crippen LogP) is 0.895. The van der Waals surface area contributed by atoms with E-state index in [0.29, 0.717) is 16.2 Å². The summed E-state index contributed by atoms with van der Waals surface area (Å²) >= 11 is 1.15. The SMILES string of the molecule is Nc1nnc(C(=O)NC2C3C4CCC(C4)C23)s1. The Hall–Kier alpha value is -1.17. The van der Waals surface area contributed by atoms with Gasteiger partial charge in [0, 0.05) is 6.04 Å². The summed E-state index contributed by atoms with van der Waals surface area (Å²) in [6.07, 6.45) is 4.13. The van der Waals surface area contributed by atoms with Gasteiger partial charge in [-0.2, -0.15) is 0 Å². The normalized spacial score (nSPS) is 41.3. The molecule has 0 aromatic carbocycles. The molecule has 1 heterocycles. The van der Waals surface area contributed by atoms with Crippen LogP contribution in [0.1, 0.15) is 29.1 Å². The Morgan fingerprint density at radius 3 is 2.59 bits per heavy atom. The van der Waals surface area contributed by atoms with E-state index in [1.165, 1.54) is 19.3 Å². The zero-order valence-electron chi connectivity index (χ0n) is 9.30. The number of carbonyl (C=O) groups excluding carboxylic acids is 1. The lowest BCUT2D eigenvalue weighted by Crippen LogP contribution is -2.29. The van der Waals surface area contributed by atoms with Crippen molar-refractivity contribution in [2.24, 2.45) is 23.7 Å². The summed E-state index contributed by atoms with van der Waals surface area (Å²) in [4.78, 5) is 11.9. The largest absolute Gasteiger partial charge is 0.374 e. The van der Waals surface area contributed by atoms with Gasteiger partial charge in [0.2, 0.25) is 10.1 Å². The second-order valence-electron chi connectivity index (χ2n) is 5.43. The number of amides is 1. The van der Waals surface area contributed by atoms with E-state index in [1.807, 2.05) is 0 Å². The van der Waals surface area contributed by atoms with Crippen molar-refractivity contribution in [1.29, 1.82) is 0 Å². The van der Waals surface area contributed by atoms with Gasteiger partial charge < -0.3 is 11.1 Å². The van der Waals surface area contributed by atoms with Gasteiger partial charge in [-0.1, -0.05) is 11.3 Å². The third kappa shape index (κ3) is 1.33. The fraction of sp³-hybridized carbons (Fsp3) is 0.727. The van der Waals surface area contributed by atoms with Crippen molar-refractivity contribution in [1.82, 2.24) is 15.5 Å². The van der Waals surface area contributed by atoms with Crippen molar-refractivity contribution < 1.29 is 4.79 Å². The molecule has 3 aliphatic rings. The average Bonchev–Trinajstić information content (AvgIpc) is 2.77. The minimum atomic E-state index is -0.0991. The Balaban J connectivity index is 1.45. The van der Waals surface area contributed by atoms with Crippen LogP contribution in [-0.4, -0.2) is 22.1 Å². The summed E-state index contributed by atoms with van der Waals surface area (Å²) in [5.41, 5.74) is 5.47. The number of nitrogens with one attached hydrogen (secondary N) is 1. The molecule has 1 amide bonds. The van der Waals surface area contributed by atoms with Gasteiger partial charge in [-0.05, 0) is 42.9 Å². The Morgan fingerprint density at radius 1 is 1.29 bits per heavy atom. The van der Waals surface area contributed by atoms with Crippen molar-refractivity contribution >= 4 is 22.4 Å². The number of rotatable bonds is 2. The minimum absolute atomic E-state index is 0.0991. The van der Waals surface area contributed by atoms with Crippen LogP contribution in [0.3, 0.4) is 0 Å². The number of nitrogens with two attached hydrogens (primary N) is 1. The maximum absolute atomic E-state index is 11.9. The quantitative estimate of drug-likeness (QED) is 0.817. The maximum atomic E-state index is 11.9. The van der Waals surface area contributed by atoms with Crippen molar-refractivity contribution in [3.05, 3.63) is 5.01 Å². The molecule has 5 nitrogen and oxygen atoms in total. The van der Waals surface area contributed by atoms with E-state index in [1.54, 1.807) is 0 Å². The first kappa shape index (κ1) is 9.82. The van der Waals surface area contributed by atoms with Gasteiger partial charge >= 0.3 is 0 Å². The van der Waals surface area contributed by atoms with Gasteiger partial charge in [0.05, 0.1) is 0 Å². The number of nitrogen functional groups attached to an aromatic ring is 1. The molecule has 0 radical (unpaired) electrons. The standard InChI is InChI=1S/C11H14N4OS/c12-11-15-14-10(17-11)9(16)13-8-6-4-1-2-5(3-4)7(6)8/h4-8H,1-3H2,(H2,12,15)(H,13,16). The smallest absolute Gasteiger partial charge is 0.282 e. The number of carbonyl (C=O) groups is 1. The number of anilines is 1. The molecule has 4 rings (SSSR count). The maximum Gasteiger partial charge on any atom is 0.282 e. The molecule has 4 unspecified atom stereocenters. The zero-order valence-corrected chi connectivity index (χ0v) is 10.1. The molecule has 6 heteroatoms. The fourth-order valence-corrected chi connectivity index (χ4v) is 4.57. The molecule has 17 heavy (non-hydrogen) atoms. The number of aromatic nitrogens is 2. The van der Waals surface area contributed by atoms with E-state index >= 15 is 0 Å². The molecular formula is C11H14N4OS. The second-order valence-corrected chi connectivity index (χ2v) is 6.44. The zero-order chi connectivity index (χ0) is 11.6. The molecule has 0 saturated heterocycles. The van der Waals surface area contributed by atoms with Gasteiger partial charge in [0.1, 0.15) is 0 Å². The molecule has 0 aliphatic heterocycles. The fourth-order valence-electron chi connectivity index (χ4n) is 4.06. The second kappa shape index (κ2) is 3.19. The predicted molar refractivity (Wildman–Crippen MR) is 63.4 cm³/mol. The monoisotopic (exact) mass is 250 g/mol. The minimum Gasteiger partial charge on any atom is -0.374 e. The topological polar surface area (TPSA) is 80.9 Å². The molecule has 0 spiro atoms. The molecule has 90 valence electrons. The van der Waals surface area contributed by atoms with Crippen LogP contribution < -0.4 is 11.1 Å². The molecule has 3 saturated carbocycles. The Bertz CT molecular complexity index is 472. The summed E-state index contributed by atoms with van der Waals surface area (Å²) in [6.45, 7) is 0. The van der Waals surface area contributed by atoms with Crippen LogP contribution in [-0.2, 0) is 0 Å². The van der Waals surface area contributed by atoms with Crippen LogP contribution >= 0.6 is 11.3 Å². The lowest BCUT2D eigenvalue weighted by atomic mass is 10.0. The van der Waals surface area contributed by atoms with Crippen LogP contribution in [0.25, 0.3) is 0 Å². The van der Waals surface area contributed by atoms with Gasteiger partial charge in [-0.3, -0.25) is 4.79 Å². The van der Waals surface area contributed by atoms with Gasteiger partial charge in [-0.15, -0.1) is 10.2 Å². The van der Waals surface area contributed by atoms with E-state index in [0.717, 1.165) is 35.0 Å². The highest BCUT2D eigenvalue weighted by molar-refractivity contribution is 7.16. The van der Waals surface area contributed by atoms with E-state index in [9.17, 15) is 4.79 Å². The average molecular weight is 250 g/mol. The van der Waals surface area contributed by atoms with Gasteiger partial charge in [0.25, 0.3) is 5.91 Å². The third-order valence-corrected chi connectivity index (χ3v) is 5.42. The summed E-state index contributed by atoms with van der Waals surface area (Å²) in [7, 11) is 0. The molecule has 3 fully saturated rings. The first-order valence-electron chi connectivity index (χ1n) is 6.14. The van der Waals surface area contributed by atoms with Crippen molar-refractivity contribution in [3.8, 4) is 0 Å². The number of nitrogens with zero attached hydrogens (tertiary/aromatic N) is 2. The van der Waals surface area contributed by atoms with Crippen LogP contribution in [0.5, 0.6) is 0 Å². The Labute approximate surface area is 103 Å². The third-order valence-electron chi connectivity index (χ3n) is 4.67. The molecular weight excluding hydrogens is 236 g/mol. The van der Waals surface area contributed by atoms with Gasteiger partial charge in [0.15, 0.2) is 0 Å². The van der Waals surface area contributed by atoms with Crippen LogP contribution in [0, 0.1) is 23.7 Å². The van der Waals surface area contributed by atoms with E-state index in [-0.39, 0.29) is 5.91 Å². The molecule has 4 atom stereocenters. The molecule has 1 aromatic rings. The molecule has 2 bridgehead atoms. The lowest BCUT2D eigenvalue weighted by molar-refractivity contribution is 0.0943. The van der Waals surface area contributed by atoms with E-state index in [4.69, 9.17) is 5.73 Å². The highest BCUT2D eigenvalue weighted by atomic mass is 32.1. The van der Waals surface area contributed by atoms with Crippen molar-refractivity contribution in [2.45, 2.75) is 25.3 Å². The summed E-state index contributed by atoms with van der Waals surface area (Å²) in [5.74, 6) is 3.15. The molecule has 1 aromatic heterocycles. The first-order chi connectivity index (χ1) is 8.24. The number of hydrogen-bond acceptors (Lipinski definition) is 5. The van der Waals surface area contributed by atoms with E-state index < -0.39 is 0 Å². The summed E-state index contributed by atoms with van der Waals surface area (Å²) in [6, 6.07) is 0.402. The number of fused-ring (bicyclic) bond motifs is 5. The van der Waals surface area contributed by atoms with Crippen LogP contribution in [0.2, 0.25) is 0 Å². The Kier molecular flexibility index (Phi) is 1.84. The van der Waals surface area contributed by atoms with E-state index in [2.05, 4.69) is 15.5 Å². The van der Waals surface area contributed by atoms with Gasteiger partial charge in [-0.25, -0.2) is 0 Å². The van der Waals surface area contributed by atoms with Crippen molar-refractivity contribution in [2.75, 3.05) is 5.73 Å². The summed E-state index contributed by atoms with van der Waals surface area (Å²) < 4.78 is 0.